The first-order valence-electron chi connectivity index (χ1n) is 4.05. The summed E-state index contributed by atoms with van der Waals surface area (Å²) < 4.78 is 0. The summed E-state index contributed by atoms with van der Waals surface area (Å²) >= 11 is 0. The number of likely N-dealkylation sites (tertiary alicyclic amines) is 1. The van der Waals surface area contributed by atoms with Crippen LogP contribution in [0.3, 0.4) is 0 Å². The lowest BCUT2D eigenvalue weighted by molar-refractivity contribution is 0.166. The fraction of sp³-hybridized carbons (Fsp3) is 0.778. The van der Waals surface area contributed by atoms with Crippen molar-refractivity contribution in [3.05, 3.63) is 0 Å². The van der Waals surface area contributed by atoms with Crippen LogP contribution in [-0.4, -0.2) is 23.0 Å². The van der Waals surface area contributed by atoms with Crippen LogP contribution < -0.4 is 0 Å². The fourth-order valence-corrected chi connectivity index (χ4v) is 1.63. The predicted molar refractivity (Wildman–Crippen MR) is 45.0 cm³/mol. The summed E-state index contributed by atoms with van der Waals surface area (Å²) in [6.07, 6.45) is 1.56. The van der Waals surface area contributed by atoms with Gasteiger partial charge in [-0.15, -0.1) is 0 Å². The summed E-state index contributed by atoms with van der Waals surface area (Å²) in [4.78, 5) is 1.88. The smallest absolute Gasteiger partial charge is 0.107 e. The van der Waals surface area contributed by atoms with E-state index in [1.54, 1.807) is 0 Å². The molecule has 0 spiro atoms. The lowest BCUT2D eigenvalue weighted by Gasteiger charge is -2.32. The third-order valence-electron chi connectivity index (χ3n) is 3.06. The molecule has 0 aromatic rings. The molecule has 1 rings (SSSR count). The lowest BCUT2D eigenvalue weighted by Crippen LogP contribution is -2.46. The standard InChI is InChI=1S/C9H13N3/c1-8(6-10)4-5-9(2,7-11)12(8)3/h4-5H2,1-3H3/t8-,9+. The van der Waals surface area contributed by atoms with Gasteiger partial charge in [0.05, 0.1) is 12.1 Å². The largest absolute Gasteiger partial charge is 0.271 e. The quantitative estimate of drug-likeness (QED) is 0.540. The van der Waals surface area contributed by atoms with E-state index >= 15 is 0 Å². The maximum Gasteiger partial charge on any atom is 0.107 e. The Morgan fingerprint density at radius 1 is 1.08 bits per heavy atom. The number of nitriles is 2. The van der Waals surface area contributed by atoms with Crippen LogP contribution in [0.5, 0.6) is 0 Å². The van der Waals surface area contributed by atoms with Gasteiger partial charge in [-0.05, 0) is 33.7 Å². The molecule has 3 nitrogen and oxygen atoms in total. The van der Waals surface area contributed by atoms with Gasteiger partial charge in [-0.1, -0.05) is 0 Å². The van der Waals surface area contributed by atoms with E-state index in [4.69, 9.17) is 10.5 Å². The molecule has 0 aromatic heterocycles. The van der Waals surface area contributed by atoms with Crippen molar-refractivity contribution in [3.8, 4) is 12.1 Å². The van der Waals surface area contributed by atoms with E-state index in [0.29, 0.717) is 0 Å². The summed E-state index contributed by atoms with van der Waals surface area (Å²) in [5.74, 6) is 0. The molecule has 0 unspecified atom stereocenters. The van der Waals surface area contributed by atoms with Gasteiger partial charge in [0, 0.05) is 0 Å². The molecule has 0 radical (unpaired) electrons. The molecule has 1 fully saturated rings. The number of hydrogen-bond donors (Lipinski definition) is 0. The average Bonchev–Trinajstić information content (AvgIpc) is 2.32. The van der Waals surface area contributed by atoms with E-state index in [0.717, 1.165) is 12.8 Å². The van der Waals surface area contributed by atoms with Crippen LogP contribution in [-0.2, 0) is 0 Å². The third-order valence-corrected chi connectivity index (χ3v) is 3.06. The molecule has 1 aliphatic rings. The van der Waals surface area contributed by atoms with Gasteiger partial charge in [-0.3, -0.25) is 4.90 Å². The second kappa shape index (κ2) is 2.47. The van der Waals surface area contributed by atoms with E-state index in [9.17, 15) is 0 Å². The van der Waals surface area contributed by atoms with Gasteiger partial charge in [-0.25, -0.2) is 0 Å². The Labute approximate surface area is 73.2 Å². The van der Waals surface area contributed by atoms with Gasteiger partial charge < -0.3 is 0 Å². The highest BCUT2D eigenvalue weighted by Crippen LogP contribution is 2.38. The highest BCUT2D eigenvalue weighted by atomic mass is 15.3. The van der Waals surface area contributed by atoms with Crippen molar-refractivity contribution in [2.75, 3.05) is 7.05 Å². The number of rotatable bonds is 0. The molecule has 64 valence electrons. The summed E-state index contributed by atoms with van der Waals surface area (Å²) in [6.45, 7) is 3.77. The van der Waals surface area contributed by atoms with Gasteiger partial charge >= 0.3 is 0 Å². The maximum atomic E-state index is 8.92. The minimum absolute atomic E-state index is 0.454. The molecular formula is C9H13N3. The summed E-state index contributed by atoms with van der Waals surface area (Å²) in [5, 5.41) is 17.8. The Hall–Kier alpha value is -1.06. The molecule has 1 heterocycles. The second-order valence-corrected chi connectivity index (χ2v) is 3.83. The van der Waals surface area contributed by atoms with E-state index in [2.05, 4.69) is 12.1 Å². The maximum absolute atomic E-state index is 8.92. The topological polar surface area (TPSA) is 50.8 Å². The second-order valence-electron chi connectivity index (χ2n) is 3.83. The Morgan fingerprint density at radius 2 is 1.42 bits per heavy atom. The van der Waals surface area contributed by atoms with Gasteiger partial charge in [-0.2, -0.15) is 10.5 Å². The van der Waals surface area contributed by atoms with Gasteiger partial charge in [0.2, 0.25) is 0 Å². The molecule has 0 aliphatic carbocycles. The Bertz CT molecular complexity index is 244. The lowest BCUT2D eigenvalue weighted by atomic mass is 10.0. The Kier molecular flexibility index (Phi) is 1.86. The van der Waals surface area contributed by atoms with Crippen molar-refractivity contribution in [2.24, 2.45) is 0 Å². The van der Waals surface area contributed by atoms with Gasteiger partial charge in [0.25, 0.3) is 0 Å². The van der Waals surface area contributed by atoms with E-state index in [-0.39, 0.29) is 0 Å². The van der Waals surface area contributed by atoms with Crippen molar-refractivity contribution < 1.29 is 0 Å². The average molecular weight is 163 g/mol. The van der Waals surface area contributed by atoms with Crippen LogP contribution in [0.4, 0.5) is 0 Å². The van der Waals surface area contributed by atoms with Crippen LogP contribution in [0, 0.1) is 22.7 Å². The zero-order chi connectivity index (χ0) is 9.41. The first-order valence-corrected chi connectivity index (χ1v) is 4.05. The van der Waals surface area contributed by atoms with Crippen molar-refractivity contribution in [2.45, 2.75) is 37.8 Å². The molecule has 0 amide bonds. The molecule has 12 heavy (non-hydrogen) atoms. The van der Waals surface area contributed by atoms with E-state index in [1.165, 1.54) is 0 Å². The number of nitrogens with zero attached hydrogens (tertiary/aromatic N) is 3. The Balaban J connectivity index is 2.98. The van der Waals surface area contributed by atoms with Crippen molar-refractivity contribution in [3.63, 3.8) is 0 Å². The first-order chi connectivity index (χ1) is 5.48. The van der Waals surface area contributed by atoms with Crippen LogP contribution in [0.15, 0.2) is 0 Å². The van der Waals surface area contributed by atoms with Gasteiger partial charge in [0.15, 0.2) is 0 Å². The monoisotopic (exact) mass is 163 g/mol. The minimum atomic E-state index is -0.454. The zero-order valence-electron chi connectivity index (χ0n) is 7.76. The summed E-state index contributed by atoms with van der Waals surface area (Å²) in [7, 11) is 1.85. The van der Waals surface area contributed by atoms with Gasteiger partial charge in [0.1, 0.15) is 11.1 Å². The zero-order valence-corrected chi connectivity index (χ0v) is 7.76. The van der Waals surface area contributed by atoms with Crippen molar-refractivity contribution in [1.29, 1.82) is 10.5 Å². The third kappa shape index (κ3) is 0.983. The SMILES string of the molecule is CN1[C@@](C)(C#N)CC[C@@]1(C)C#N. The van der Waals surface area contributed by atoms with E-state index in [1.807, 2.05) is 25.8 Å². The molecule has 0 aromatic carbocycles. The highest BCUT2D eigenvalue weighted by Gasteiger charge is 2.48. The summed E-state index contributed by atoms with van der Waals surface area (Å²) in [6, 6.07) is 4.51. The van der Waals surface area contributed by atoms with Crippen molar-refractivity contribution in [1.82, 2.24) is 4.90 Å². The first kappa shape index (κ1) is 9.03. The molecular weight excluding hydrogens is 150 g/mol. The molecule has 2 atom stereocenters. The van der Waals surface area contributed by atoms with Crippen molar-refractivity contribution >= 4 is 0 Å². The minimum Gasteiger partial charge on any atom is -0.271 e. The molecule has 0 bridgehead atoms. The summed E-state index contributed by atoms with van der Waals surface area (Å²) in [5.41, 5.74) is -0.908. The predicted octanol–water partition coefficient (Wildman–Crippen LogP) is 1.28. The Morgan fingerprint density at radius 3 is 1.58 bits per heavy atom. The van der Waals surface area contributed by atoms with Crippen LogP contribution in [0.2, 0.25) is 0 Å². The normalized spacial score (nSPS) is 42.1. The van der Waals surface area contributed by atoms with Crippen LogP contribution in [0.25, 0.3) is 0 Å². The molecule has 3 heteroatoms. The number of hydrogen-bond acceptors (Lipinski definition) is 3. The fourth-order valence-electron chi connectivity index (χ4n) is 1.63. The van der Waals surface area contributed by atoms with E-state index < -0.39 is 11.1 Å². The van der Waals surface area contributed by atoms with Crippen LogP contribution in [0.1, 0.15) is 26.7 Å². The highest BCUT2D eigenvalue weighted by molar-refractivity contribution is 5.20. The molecule has 0 saturated carbocycles. The van der Waals surface area contributed by atoms with Crippen LogP contribution >= 0.6 is 0 Å². The molecule has 1 saturated heterocycles. The molecule has 1 aliphatic heterocycles. The molecule has 0 N–H and O–H groups in total.